The number of allylic oxidation sites excluding steroid dienone is 1. The van der Waals surface area contributed by atoms with Gasteiger partial charge < -0.3 is 10.5 Å². The number of hydrogen-bond acceptors (Lipinski definition) is 3. The molecule has 24 heavy (non-hydrogen) atoms. The van der Waals surface area contributed by atoms with Crippen molar-refractivity contribution >= 4 is 5.78 Å². The quantitative estimate of drug-likeness (QED) is 0.799. The topological polar surface area (TPSA) is 52.3 Å². The Hall–Kier alpha value is -0.670. The second-order valence-electron chi connectivity index (χ2n) is 9.18. The second kappa shape index (κ2) is 5.95. The zero-order valence-electron chi connectivity index (χ0n) is 15.4. The van der Waals surface area contributed by atoms with Gasteiger partial charge in [0.15, 0.2) is 0 Å². The van der Waals surface area contributed by atoms with Crippen molar-refractivity contribution in [2.24, 2.45) is 34.3 Å². The fourth-order valence-electron chi connectivity index (χ4n) is 6.82. The van der Waals surface area contributed by atoms with Crippen molar-refractivity contribution in [1.82, 2.24) is 0 Å². The number of ether oxygens (including phenoxy) is 1. The lowest BCUT2D eigenvalue weighted by molar-refractivity contribution is -0.132. The van der Waals surface area contributed by atoms with Gasteiger partial charge >= 0.3 is 0 Å². The number of hydrogen-bond donors (Lipinski definition) is 1. The molecule has 0 saturated heterocycles. The highest BCUT2D eigenvalue weighted by Gasteiger charge is 2.58. The molecule has 0 aromatic heterocycles. The monoisotopic (exact) mass is 331 g/mol. The lowest BCUT2D eigenvalue weighted by Gasteiger charge is -2.57. The fraction of sp³-hybridized carbons (Fsp3) is 0.857. The largest absolute Gasteiger partial charge is 0.373 e. The van der Waals surface area contributed by atoms with E-state index < -0.39 is 0 Å². The smallest absolute Gasteiger partial charge is 0.139 e. The molecule has 6 unspecified atom stereocenters. The first-order valence-corrected chi connectivity index (χ1v) is 10.0. The van der Waals surface area contributed by atoms with Crippen LogP contribution in [0.1, 0.15) is 65.2 Å². The summed E-state index contributed by atoms with van der Waals surface area (Å²) in [7, 11) is 0. The molecule has 3 saturated carbocycles. The minimum atomic E-state index is 0.000182. The summed E-state index contributed by atoms with van der Waals surface area (Å²) in [6.07, 6.45) is 11.9. The van der Waals surface area contributed by atoms with E-state index >= 15 is 0 Å². The van der Waals surface area contributed by atoms with Crippen LogP contribution in [0.2, 0.25) is 0 Å². The van der Waals surface area contributed by atoms with Crippen molar-refractivity contribution in [1.29, 1.82) is 0 Å². The lowest BCUT2D eigenvalue weighted by Crippen LogP contribution is -2.50. The number of ketones is 1. The maximum atomic E-state index is 12.5. The second-order valence-corrected chi connectivity index (χ2v) is 9.18. The Morgan fingerprint density at radius 3 is 2.62 bits per heavy atom. The molecule has 4 aliphatic carbocycles. The Labute approximate surface area is 146 Å². The van der Waals surface area contributed by atoms with Crippen LogP contribution in [0.3, 0.4) is 0 Å². The Balaban J connectivity index is 1.58. The molecule has 0 aliphatic heterocycles. The van der Waals surface area contributed by atoms with E-state index in [9.17, 15) is 4.79 Å². The molecule has 0 amide bonds. The van der Waals surface area contributed by atoms with Crippen molar-refractivity contribution in [3.8, 4) is 0 Å². The average Bonchev–Trinajstić information content (AvgIpc) is 2.88. The minimum absolute atomic E-state index is 0.000182. The molecule has 0 aromatic rings. The number of fused-ring (bicyclic) bond motifs is 5. The Bertz CT molecular complexity index is 556. The van der Waals surface area contributed by atoms with Gasteiger partial charge in [0.25, 0.3) is 0 Å². The van der Waals surface area contributed by atoms with Gasteiger partial charge in [-0.25, -0.2) is 0 Å². The summed E-state index contributed by atoms with van der Waals surface area (Å²) in [5, 5.41) is 0. The van der Waals surface area contributed by atoms with E-state index in [0.29, 0.717) is 30.3 Å². The van der Waals surface area contributed by atoms with E-state index in [4.69, 9.17) is 10.5 Å². The van der Waals surface area contributed by atoms with Crippen molar-refractivity contribution in [3.63, 3.8) is 0 Å². The minimum Gasteiger partial charge on any atom is -0.373 e. The molecule has 6 atom stereocenters. The Morgan fingerprint density at radius 1 is 1.08 bits per heavy atom. The highest BCUT2D eigenvalue weighted by atomic mass is 16.5. The zero-order valence-corrected chi connectivity index (χ0v) is 15.4. The van der Waals surface area contributed by atoms with Crippen LogP contribution in [0, 0.1) is 28.6 Å². The molecule has 4 aliphatic rings. The number of nitrogens with two attached hydrogens (primary N) is 1. The highest BCUT2D eigenvalue weighted by molar-refractivity contribution is 5.87. The van der Waals surface area contributed by atoms with Gasteiger partial charge in [0, 0.05) is 18.4 Å². The van der Waals surface area contributed by atoms with Gasteiger partial charge in [-0.3, -0.25) is 4.79 Å². The van der Waals surface area contributed by atoms with Crippen molar-refractivity contribution in [3.05, 3.63) is 11.6 Å². The summed E-state index contributed by atoms with van der Waals surface area (Å²) >= 11 is 0. The summed E-state index contributed by atoms with van der Waals surface area (Å²) < 4.78 is 5.92. The molecular formula is C21H33NO2. The standard InChI is InChI=1S/C21H33NO2/c1-20-9-7-15(24-12-11-22)13-14(20)3-4-16-17-5-6-19(23)21(17,2)10-8-18(16)20/h13,15-18H,3-12,22H2,1-2H3. The SMILES string of the molecule is CC12CCC3C(CCC4=CC(OCCN)CCC43C)C1CCC2=O. The van der Waals surface area contributed by atoms with Crippen LogP contribution in [0.25, 0.3) is 0 Å². The van der Waals surface area contributed by atoms with Crippen LogP contribution in [0.5, 0.6) is 0 Å². The normalized spacial score (nSPS) is 47.6. The Morgan fingerprint density at radius 2 is 1.83 bits per heavy atom. The molecule has 0 radical (unpaired) electrons. The average molecular weight is 332 g/mol. The van der Waals surface area contributed by atoms with Crippen molar-refractivity contribution in [2.75, 3.05) is 13.2 Å². The van der Waals surface area contributed by atoms with Crippen LogP contribution in [-0.4, -0.2) is 25.0 Å². The molecule has 3 fully saturated rings. The Kier molecular flexibility index (Phi) is 4.16. The summed E-state index contributed by atoms with van der Waals surface area (Å²) in [5.74, 6) is 2.74. The summed E-state index contributed by atoms with van der Waals surface area (Å²) in [5.41, 5.74) is 7.58. The maximum absolute atomic E-state index is 12.5. The first-order valence-electron chi connectivity index (χ1n) is 10.0. The molecule has 3 heteroatoms. The summed E-state index contributed by atoms with van der Waals surface area (Å²) in [6, 6.07) is 0. The first kappa shape index (κ1) is 16.8. The van der Waals surface area contributed by atoms with Crippen molar-refractivity contribution in [2.45, 2.75) is 71.3 Å². The molecule has 0 bridgehead atoms. The van der Waals surface area contributed by atoms with Crippen LogP contribution in [0.4, 0.5) is 0 Å². The lowest BCUT2D eigenvalue weighted by atomic mass is 9.47. The van der Waals surface area contributed by atoms with Gasteiger partial charge in [-0.15, -0.1) is 0 Å². The third-order valence-corrected chi connectivity index (χ3v) is 8.23. The van der Waals surface area contributed by atoms with Gasteiger partial charge in [0.1, 0.15) is 5.78 Å². The predicted octanol–water partition coefficient (Wildman–Crippen LogP) is 3.86. The summed E-state index contributed by atoms with van der Waals surface area (Å²) in [4.78, 5) is 12.5. The molecule has 0 heterocycles. The third kappa shape index (κ3) is 2.34. The van der Waals surface area contributed by atoms with Gasteiger partial charge in [-0.05, 0) is 68.1 Å². The van der Waals surface area contributed by atoms with Gasteiger partial charge in [-0.1, -0.05) is 25.5 Å². The molecule has 2 N–H and O–H groups in total. The third-order valence-electron chi connectivity index (χ3n) is 8.23. The number of carbonyl (C=O) groups is 1. The maximum Gasteiger partial charge on any atom is 0.139 e. The predicted molar refractivity (Wildman–Crippen MR) is 95.5 cm³/mol. The van der Waals surface area contributed by atoms with Crippen molar-refractivity contribution < 1.29 is 9.53 Å². The van der Waals surface area contributed by atoms with Gasteiger partial charge in [0.2, 0.25) is 0 Å². The molecule has 0 aromatic carbocycles. The van der Waals surface area contributed by atoms with Crippen LogP contribution in [0.15, 0.2) is 11.6 Å². The molecule has 134 valence electrons. The van der Waals surface area contributed by atoms with E-state index in [1.54, 1.807) is 5.57 Å². The van der Waals surface area contributed by atoms with E-state index in [2.05, 4.69) is 19.9 Å². The van der Waals surface area contributed by atoms with E-state index in [-0.39, 0.29) is 11.5 Å². The summed E-state index contributed by atoms with van der Waals surface area (Å²) in [6.45, 7) is 6.05. The van der Waals surface area contributed by atoms with Gasteiger partial charge in [-0.2, -0.15) is 0 Å². The van der Waals surface area contributed by atoms with E-state index in [0.717, 1.165) is 37.5 Å². The first-order chi connectivity index (χ1) is 11.5. The molecule has 0 spiro atoms. The highest BCUT2D eigenvalue weighted by Crippen LogP contribution is 2.64. The van der Waals surface area contributed by atoms with Crippen LogP contribution < -0.4 is 5.73 Å². The van der Waals surface area contributed by atoms with Crippen LogP contribution >= 0.6 is 0 Å². The van der Waals surface area contributed by atoms with E-state index in [1.807, 2.05) is 0 Å². The zero-order chi connectivity index (χ0) is 16.9. The number of Topliss-reactive ketones (excluding diaryl/α,β-unsaturated/α-hetero) is 1. The molecular weight excluding hydrogens is 298 g/mol. The van der Waals surface area contributed by atoms with Gasteiger partial charge in [0.05, 0.1) is 12.7 Å². The fourth-order valence-corrected chi connectivity index (χ4v) is 6.82. The molecule has 3 nitrogen and oxygen atoms in total. The van der Waals surface area contributed by atoms with Crippen LogP contribution in [-0.2, 0) is 9.53 Å². The number of carbonyl (C=O) groups excluding carboxylic acids is 1. The van der Waals surface area contributed by atoms with E-state index in [1.165, 1.54) is 25.7 Å². The molecule has 4 rings (SSSR count). The number of rotatable bonds is 3.